The van der Waals surface area contributed by atoms with Crippen molar-refractivity contribution < 1.29 is 23.5 Å². The molecule has 0 saturated carbocycles. The molecule has 0 spiro atoms. The molecule has 3 rings (SSSR count). The molecule has 0 aromatic heterocycles. The van der Waals surface area contributed by atoms with Crippen molar-refractivity contribution in [2.75, 3.05) is 30.5 Å². The number of para-hydroxylation sites is 1. The molecular formula is C21H22FN3O4. The lowest BCUT2D eigenvalue weighted by molar-refractivity contribution is -0.124. The van der Waals surface area contributed by atoms with Crippen molar-refractivity contribution in [2.24, 2.45) is 0 Å². The van der Waals surface area contributed by atoms with E-state index >= 15 is 0 Å². The van der Waals surface area contributed by atoms with E-state index in [1.165, 1.54) is 29.2 Å². The van der Waals surface area contributed by atoms with Gasteiger partial charge in [-0.15, -0.1) is 0 Å². The number of rotatable bonds is 8. The Bertz CT molecular complexity index is 873. The third-order valence-electron chi connectivity index (χ3n) is 4.59. The van der Waals surface area contributed by atoms with E-state index in [4.69, 9.17) is 4.74 Å². The van der Waals surface area contributed by atoms with Crippen molar-refractivity contribution in [3.63, 3.8) is 0 Å². The highest BCUT2D eigenvalue weighted by molar-refractivity contribution is 6.22. The first-order chi connectivity index (χ1) is 14.0. The summed E-state index contributed by atoms with van der Waals surface area (Å²) in [5, 5.41) is 2.73. The molecular weight excluding hydrogens is 377 g/mol. The van der Waals surface area contributed by atoms with Crippen LogP contribution in [0.5, 0.6) is 0 Å². The Morgan fingerprint density at radius 1 is 1.10 bits per heavy atom. The largest absolute Gasteiger partial charge is 0.385 e. The van der Waals surface area contributed by atoms with Gasteiger partial charge in [-0.3, -0.25) is 9.59 Å². The molecule has 1 aliphatic rings. The van der Waals surface area contributed by atoms with Gasteiger partial charge >= 0.3 is 6.03 Å². The minimum atomic E-state index is -0.937. The van der Waals surface area contributed by atoms with E-state index in [0.717, 1.165) is 4.90 Å². The van der Waals surface area contributed by atoms with Gasteiger partial charge in [0, 0.05) is 25.9 Å². The van der Waals surface area contributed by atoms with Crippen LogP contribution in [-0.2, 0) is 14.3 Å². The van der Waals surface area contributed by atoms with Crippen LogP contribution < -0.4 is 10.2 Å². The Kier molecular flexibility index (Phi) is 6.56. The van der Waals surface area contributed by atoms with E-state index in [0.29, 0.717) is 18.7 Å². The molecule has 2 aromatic rings. The van der Waals surface area contributed by atoms with Gasteiger partial charge in [-0.25, -0.2) is 14.1 Å². The molecule has 0 bridgehead atoms. The summed E-state index contributed by atoms with van der Waals surface area (Å²) < 4.78 is 18.3. The molecule has 4 amide bonds. The minimum Gasteiger partial charge on any atom is -0.385 e. The average Bonchev–Trinajstić information content (AvgIpc) is 2.94. The van der Waals surface area contributed by atoms with Crippen LogP contribution in [0.3, 0.4) is 0 Å². The molecule has 7 nitrogen and oxygen atoms in total. The summed E-state index contributed by atoms with van der Waals surface area (Å²) in [6.45, 7) is 0.677. The zero-order valence-electron chi connectivity index (χ0n) is 16.0. The fraction of sp³-hybridized carbons (Fsp3) is 0.286. The van der Waals surface area contributed by atoms with Gasteiger partial charge in [0.1, 0.15) is 11.9 Å². The number of nitrogens with one attached hydrogen (secondary N) is 1. The number of imide groups is 1. The lowest BCUT2D eigenvalue weighted by Crippen LogP contribution is -2.38. The first-order valence-electron chi connectivity index (χ1n) is 9.25. The van der Waals surface area contributed by atoms with Crippen LogP contribution in [0.1, 0.15) is 12.8 Å². The van der Waals surface area contributed by atoms with Crippen LogP contribution in [0.2, 0.25) is 0 Å². The first kappa shape index (κ1) is 20.5. The zero-order chi connectivity index (χ0) is 20.8. The second-order valence-corrected chi connectivity index (χ2v) is 6.61. The van der Waals surface area contributed by atoms with Gasteiger partial charge in [0.15, 0.2) is 0 Å². The third-order valence-corrected chi connectivity index (χ3v) is 4.59. The lowest BCUT2D eigenvalue weighted by Gasteiger charge is -2.21. The van der Waals surface area contributed by atoms with Crippen LogP contribution in [0.15, 0.2) is 54.6 Å². The molecule has 1 fully saturated rings. The Balaban J connectivity index is 1.79. The normalized spacial score (nSPS) is 16.4. The number of hydrogen-bond acceptors (Lipinski definition) is 4. The van der Waals surface area contributed by atoms with E-state index in [9.17, 15) is 18.8 Å². The van der Waals surface area contributed by atoms with Crippen LogP contribution in [-0.4, -0.2) is 49.0 Å². The number of hydrogen-bond donors (Lipinski definition) is 1. The van der Waals surface area contributed by atoms with Crippen LogP contribution in [0.4, 0.5) is 20.6 Å². The highest BCUT2D eigenvalue weighted by Crippen LogP contribution is 2.27. The fourth-order valence-electron chi connectivity index (χ4n) is 3.20. The fourth-order valence-corrected chi connectivity index (χ4v) is 3.20. The molecule has 1 aliphatic heterocycles. The molecule has 8 heteroatoms. The van der Waals surface area contributed by atoms with E-state index in [-0.39, 0.29) is 24.6 Å². The maximum absolute atomic E-state index is 13.2. The van der Waals surface area contributed by atoms with Gasteiger partial charge in [0.05, 0.1) is 12.1 Å². The molecule has 152 valence electrons. The van der Waals surface area contributed by atoms with Gasteiger partial charge in [-0.2, -0.15) is 0 Å². The van der Waals surface area contributed by atoms with Gasteiger partial charge in [0.2, 0.25) is 5.91 Å². The van der Waals surface area contributed by atoms with Crippen LogP contribution >= 0.6 is 0 Å². The number of amides is 4. The van der Waals surface area contributed by atoms with Crippen molar-refractivity contribution in [3.05, 3.63) is 60.4 Å². The zero-order valence-corrected chi connectivity index (χ0v) is 16.0. The summed E-state index contributed by atoms with van der Waals surface area (Å²) in [6.07, 6.45) is 0.341. The molecule has 1 heterocycles. The predicted octanol–water partition coefficient (Wildman–Crippen LogP) is 3.03. The van der Waals surface area contributed by atoms with Gasteiger partial charge < -0.3 is 15.0 Å². The number of carbonyl (C=O) groups excluding carboxylic acids is 3. The van der Waals surface area contributed by atoms with Crippen molar-refractivity contribution >= 4 is 29.2 Å². The SMILES string of the molecule is COCCCN1C(=O)N(c2ccc(F)cc2)C(=O)C1CC(=O)Nc1ccccc1. The second kappa shape index (κ2) is 9.29. The van der Waals surface area contributed by atoms with Crippen LogP contribution in [0, 0.1) is 5.82 Å². The summed E-state index contributed by atoms with van der Waals surface area (Å²) >= 11 is 0. The average molecular weight is 399 g/mol. The molecule has 0 aliphatic carbocycles. The number of carbonyl (C=O) groups is 3. The monoisotopic (exact) mass is 399 g/mol. The lowest BCUT2D eigenvalue weighted by atomic mass is 10.1. The number of nitrogens with zero attached hydrogens (tertiary/aromatic N) is 2. The number of urea groups is 1. The summed E-state index contributed by atoms with van der Waals surface area (Å²) in [5.41, 5.74) is 0.875. The van der Waals surface area contributed by atoms with Gasteiger partial charge in [0.25, 0.3) is 5.91 Å². The Morgan fingerprint density at radius 3 is 2.45 bits per heavy atom. The maximum atomic E-state index is 13.2. The summed E-state index contributed by atoms with van der Waals surface area (Å²) in [5.74, 6) is -1.36. The number of ether oxygens (including phenoxy) is 1. The Morgan fingerprint density at radius 2 is 1.79 bits per heavy atom. The Hall–Kier alpha value is -3.26. The molecule has 1 atom stereocenters. The molecule has 29 heavy (non-hydrogen) atoms. The quantitative estimate of drug-likeness (QED) is 0.547. The van der Waals surface area contributed by atoms with Crippen molar-refractivity contribution in [1.29, 1.82) is 0 Å². The van der Waals surface area contributed by atoms with Gasteiger partial charge in [-0.05, 0) is 42.8 Å². The maximum Gasteiger partial charge on any atom is 0.332 e. The number of benzene rings is 2. The third kappa shape index (κ3) is 4.78. The number of methoxy groups -OCH3 is 1. The molecule has 0 radical (unpaired) electrons. The highest BCUT2D eigenvalue weighted by Gasteiger charge is 2.46. The van der Waals surface area contributed by atoms with E-state index < -0.39 is 23.8 Å². The van der Waals surface area contributed by atoms with Crippen molar-refractivity contribution in [2.45, 2.75) is 18.9 Å². The summed E-state index contributed by atoms with van der Waals surface area (Å²) in [7, 11) is 1.55. The topological polar surface area (TPSA) is 79.0 Å². The summed E-state index contributed by atoms with van der Waals surface area (Å²) in [6, 6.07) is 12.5. The molecule has 2 aromatic carbocycles. The Labute approximate surface area is 168 Å². The number of halogens is 1. The minimum absolute atomic E-state index is 0.176. The number of anilines is 2. The summed E-state index contributed by atoms with van der Waals surface area (Å²) in [4.78, 5) is 40.8. The molecule has 1 N–H and O–H groups in total. The first-order valence-corrected chi connectivity index (χ1v) is 9.25. The molecule has 1 saturated heterocycles. The van der Waals surface area contributed by atoms with E-state index in [1.807, 2.05) is 6.07 Å². The van der Waals surface area contributed by atoms with E-state index in [2.05, 4.69) is 5.32 Å². The highest BCUT2D eigenvalue weighted by atomic mass is 19.1. The standard InChI is InChI=1S/C21H22FN3O4/c1-29-13-5-12-24-18(14-19(26)23-16-6-3-2-4-7-16)20(27)25(21(24)28)17-10-8-15(22)9-11-17/h2-4,6-11,18H,5,12-14H2,1H3,(H,23,26). The van der Waals surface area contributed by atoms with Gasteiger partial charge in [-0.1, -0.05) is 18.2 Å². The predicted molar refractivity (Wildman–Crippen MR) is 106 cm³/mol. The van der Waals surface area contributed by atoms with Crippen molar-refractivity contribution in [3.8, 4) is 0 Å². The van der Waals surface area contributed by atoms with E-state index in [1.54, 1.807) is 31.4 Å². The smallest absolute Gasteiger partial charge is 0.332 e. The van der Waals surface area contributed by atoms with Crippen LogP contribution in [0.25, 0.3) is 0 Å². The van der Waals surface area contributed by atoms with Crippen molar-refractivity contribution in [1.82, 2.24) is 4.90 Å². The second-order valence-electron chi connectivity index (χ2n) is 6.61. The molecule has 1 unspecified atom stereocenters.